The van der Waals surface area contributed by atoms with Gasteiger partial charge in [-0.25, -0.2) is 4.79 Å². The minimum atomic E-state index is -0.320. The molecule has 2 rings (SSSR count). The first-order chi connectivity index (χ1) is 5.29. The second-order valence-corrected chi connectivity index (χ2v) is 2.65. The molecule has 2 heterocycles. The maximum Gasteiger partial charge on any atom is 0.358 e. The van der Waals surface area contributed by atoms with Crippen molar-refractivity contribution in [2.24, 2.45) is 10.2 Å². The molecule has 0 saturated carbocycles. The van der Waals surface area contributed by atoms with Crippen molar-refractivity contribution in [2.45, 2.75) is 19.4 Å². The Morgan fingerprint density at radius 2 is 2.45 bits per heavy atom. The van der Waals surface area contributed by atoms with Crippen molar-refractivity contribution in [1.82, 2.24) is 0 Å². The maximum atomic E-state index is 11.0. The summed E-state index contributed by atoms with van der Waals surface area (Å²) in [6.45, 7) is 2.41. The van der Waals surface area contributed by atoms with E-state index in [-0.39, 0.29) is 12.0 Å². The predicted octanol–water partition coefficient (Wildman–Crippen LogP) is 1.04. The van der Waals surface area contributed by atoms with Crippen LogP contribution in [0, 0.1) is 0 Å². The number of hydrogen-bond donors (Lipinski definition) is 0. The first-order valence-electron chi connectivity index (χ1n) is 3.60. The summed E-state index contributed by atoms with van der Waals surface area (Å²) in [5.41, 5.74) is 1.46. The molecule has 2 aliphatic rings. The molecule has 1 atom stereocenters. The maximum absolute atomic E-state index is 11.0. The van der Waals surface area contributed by atoms with E-state index in [1.807, 2.05) is 6.92 Å². The highest BCUT2D eigenvalue weighted by molar-refractivity contribution is 5.90. The fraction of sp³-hybridized carbons (Fsp3) is 0.571. The van der Waals surface area contributed by atoms with Gasteiger partial charge in [-0.2, -0.15) is 5.11 Å². The van der Waals surface area contributed by atoms with Crippen LogP contribution < -0.4 is 0 Å². The van der Waals surface area contributed by atoms with Crippen molar-refractivity contribution in [2.75, 3.05) is 6.61 Å². The number of carbonyl (C=O) groups is 1. The van der Waals surface area contributed by atoms with E-state index in [2.05, 4.69) is 10.2 Å². The van der Waals surface area contributed by atoms with E-state index in [0.29, 0.717) is 12.3 Å². The summed E-state index contributed by atoms with van der Waals surface area (Å²) in [6.07, 6.45) is 0.787. The van der Waals surface area contributed by atoms with Gasteiger partial charge in [0.05, 0.1) is 12.6 Å². The van der Waals surface area contributed by atoms with Crippen LogP contribution in [0.2, 0.25) is 0 Å². The Bertz CT molecular complexity index is 268. The number of cyclic esters (lactones) is 1. The molecule has 0 aromatic carbocycles. The van der Waals surface area contributed by atoms with Crippen molar-refractivity contribution in [1.29, 1.82) is 0 Å². The van der Waals surface area contributed by atoms with Crippen LogP contribution in [0.25, 0.3) is 0 Å². The zero-order valence-electron chi connectivity index (χ0n) is 6.20. The molecule has 0 saturated heterocycles. The predicted molar refractivity (Wildman–Crippen MR) is 36.9 cm³/mol. The number of carbonyl (C=O) groups excluding carboxylic acids is 1. The Balaban J connectivity index is 2.39. The van der Waals surface area contributed by atoms with Gasteiger partial charge in [0, 0.05) is 6.42 Å². The van der Waals surface area contributed by atoms with Crippen molar-refractivity contribution >= 4 is 5.97 Å². The monoisotopic (exact) mass is 152 g/mol. The third-order valence-corrected chi connectivity index (χ3v) is 1.94. The third-order valence-electron chi connectivity index (χ3n) is 1.94. The fourth-order valence-corrected chi connectivity index (χ4v) is 1.30. The largest absolute Gasteiger partial charge is 0.461 e. The zero-order chi connectivity index (χ0) is 7.84. The van der Waals surface area contributed by atoms with Crippen LogP contribution in [0.5, 0.6) is 0 Å². The summed E-state index contributed by atoms with van der Waals surface area (Å²) < 4.78 is 4.79. The molecule has 4 nitrogen and oxygen atoms in total. The van der Waals surface area contributed by atoms with E-state index in [9.17, 15) is 4.79 Å². The van der Waals surface area contributed by atoms with Crippen LogP contribution in [-0.2, 0) is 9.53 Å². The van der Waals surface area contributed by atoms with Gasteiger partial charge >= 0.3 is 5.97 Å². The van der Waals surface area contributed by atoms with Gasteiger partial charge in [0.2, 0.25) is 0 Å². The van der Waals surface area contributed by atoms with Gasteiger partial charge < -0.3 is 4.74 Å². The van der Waals surface area contributed by atoms with Gasteiger partial charge in [0.1, 0.15) is 0 Å². The first-order valence-corrected chi connectivity index (χ1v) is 3.60. The fourth-order valence-electron chi connectivity index (χ4n) is 1.30. The van der Waals surface area contributed by atoms with E-state index in [1.54, 1.807) is 0 Å². The molecular formula is C7H8N2O2. The normalized spacial score (nSPS) is 28.8. The average Bonchev–Trinajstić information content (AvgIpc) is 2.35. The van der Waals surface area contributed by atoms with Crippen LogP contribution in [0.4, 0.5) is 0 Å². The Labute approximate surface area is 63.9 Å². The van der Waals surface area contributed by atoms with E-state index < -0.39 is 0 Å². The molecule has 0 N–H and O–H groups in total. The number of nitrogens with zero attached hydrogens (tertiary/aromatic N) is 2. The summed E-state index contributed by atoms with van der Waals surface area (Å²) >= 11 is 0. The van der Waals surface area contributed by atoms with Crippen LogP contribution in [0.3, 0.4) is 0 Å². The lowest BCUT2D eigenvalue weighted by Gasteiger charge is -2.13. The zero-order valence-corrected chi connectivity index (χ0v) is 6.20. The highest BCUT2D eigenvalue weighted by Crippen LogP contribution is 2.28. The van der Waals surface area contributed by atoms with Gasteiger partial charge in [-0.3, -0.25) is 0 Å². The molecule has 58 valence electrons. The lowest BCUT2D eigenvalue weighted by molar-refractivity contribution is -0.140. The van der Waals surface area contributed by atoms with Gasteiger partial charge in [0.15, 0.2) is 5.70 Å². The number of esters is 1. The highest BCUT2D eigenvalue weighted by Gasteiger charge is 2.29. The summed E-state index contributed by atoms with van der Waals surface area (Å²) in [6, 6.07) is 0.0813. The van der Waals surface area contributed by atoms with Crippen molar-refractivity contribution in [3.05, 3.63) is 11.3 Å². The van der Waals surface area contributed by atoms with Crippen LogP contribution >= 0.6 is 0 Å². The van der Waals surface area contributed by atoms with Crippen LogP contribution in [-0.4, -0.2) is 18.6 Å². The second-order valence-electron chi connectivity index (χ2n) is 2.65. The minimum Gasteiger partial charge on any atom is -0.461 e. The van der Waals surface area contributed by atoms with E-state index in [4.69, 9.17) is 4.74 Å². The highest BCUT2D eigenvalue weighted by atomic mass is 16.5. The molecule has 4 heteroatoms. The molecule has 0 fully saturated rings. The van der Waals surface area contributed by atoms with Gasteiger partial charge in [0.25, 0.3) is 0 Å². The summed E-state index contributed by atoms with van der Waals surface area (Å²) in [5.74, 6) is -0.320. The molecule has 0 aromatic heterocycles. The first kappa shape index (κ1) is 6.52. The number of rotatable bonds is 0. The Morgan fingerprint density at radius 3 is 3.18 bits per heavy atom. The molecule has 2 aliphatic heterocycles. The van der Waals surface area contributed by atoms with E-state index in [1.165, 1.54) is 0 Å². The third kappa shape index (κ3) is 0.859. The minimum absolute atomic E-state index is 0.0813. The molecule has 0 radical (unpaired) electrons. The van der Waals surface area contributed by atoms with Crippen LogP contribution in [0.1, 0.15) is 13.3 Å². The topological polar surface area (TPSA) is 51.0 Å². The van der Waals surface area contributed by atoms with Gasteiger partial charge in [-0.1, -0.05) is 0 Å². The van der Waals surface area contributed by atoms with Crippen molar-refractivity contribution < 1.29 is 9.53 Å². The smallest absolute Gasteiger partial charge is 0.358 e. The molecule has 11 heavy (non-hydrogen) atoms. The van der Waals surface area contributed by atoms with Crippen molar-refractivity contribution in [3.8, 4) is 0 Å². The lowest BCUT2D eigenvalue weighted by atomic mass is 10.0. The summed E-state index contributed by atoms with van der Waals surface area (Å²) in [4.78, 5) is 11.0. The van der Waals surface area contributed by atoms with E-state index in [0.717, 1.165) is 12.0 Å². The molecule has 0 spiro atoms. The SMILES string of the molecule is CC1N=NC2=C1CCOC2=O. The standard InChI is InChI=1S/C7H8N2O2/c1-4-5-2-3-11-7(10)6(5)9-8-4/h4H,2-3H2,1H3. The number of hydrogen-bond acceptors (Lipinski definition) is 4. The van der Waals surface area contributed by atoms with Gasteiger partial charge in [-0.15, -0.1) is 5.11 Å². The Kier molecular flexibility index (Phi) is 1.27. The quantitative estimate of drug-likeness (QED) is 0.487. The average molecular weight is 152 g/mol. The number of azo groups is 1. The second kappa shape index (κ2) is 2.15. The molecule has 0 bridgehead atoms. The lowest BCUT2D eigenvalue weighted by Crippen LogP contribution is -2.17. The van der Waals surface area contributed by atoms with Gasteiger partial charge in [-0.05, 0) is 12.5 Å². The Morgan fingerprint density at radius 1 is 1.64 bits per heavy atom. The summed E-state index contributed by atoms with van der Waals surface area (Å²) in [5, 5.41) is 7.63. The van der Waals surface area contributed by atoms with Crippen LogP contribution in [0.15, 0.2) is 21.5 Å². The molecular weight excluding hydrogens is 144 g/mol. The van der Waals surface area contributed by atoms with E-state index >= 15 is 0 Å². The Hall–Kier alpha value is -1.19. The molecule has 0 aliphatic carbocycles. The number of ether oxygens (including phenoxy) is 1. The molecule has 0 aromatic rings. The molecule has 0 amide bonds. The summed E-state index contributed by atoms with van der Waals surface area (Å²) in [7, 11) is 0. The molecule has 1 unspecified atom stereocenters. The van der Waals surface area contributed by atoms with Crippen molar-refractivity contribution in [3.63, 3.8) is 0 Å².